The molecule has 14 heavy (non-hydrogen) atoms. The Morgan fingerprint density at radius 3 is 2.79 bits per heavy atom. The minimum atomic E-state index is -0.477. The third-order valence-corrected chi connectivity index (χ3v) is 2.85. The summed E-state index contributed by atoms with van der Waals surface area (Å²) in [6.45, 7) is 2.01. The van der Waals surface area contributed by atoms with Crippen molar-refractivity contribution < 1.29 is 9.50 Å². The van der Waals surface area contributed by atoms with Crippen molar-refractivity contribution in [3.05, 3.63) is 28.0 Å². The van der Waals surface area contributed by atoms with Crippen LogP contribution in [0.2, 0.25) is 0 Å². The summed E-state index contributed by atoms with van der Waals surface area (Å²) in [6.07, 6.45) is 1.70. The first kappa shape index (κ1) is 11.5. The number of hydrogen-bond donors (Lipinski definition) is 2. The molecule has 0 amide bonds. The fourth-order valence-electron chi connectivity index (χ4n) is 1.32. The average molecular weight is 262 g/mol. The molecule has 2 nitrogen and oxygen atoms in total. The van der Waals surface area contributed by atoms with Crippen molar-refractivity contribution in [3.8, 4) is 5.75 Å². The van der Waals surface area contributed by atoms with E-state index in [1.807, 2.05) is 6.92 Å². The van der Waals surface area contributed by atoms with Crippen LogP contribution in [0, 0.1) is 5.82 Å². The Morgan fingerprint density at radius 2 is 2.21 bits per heavy atom. The average Bonchev–Trinajstić information content (AvgIpc) is 2.15. The molecular formula is C10H13BrFNO. The summed E-state index contributed by atoms with van der Waals surface area (Å²) >= 11 is 2.97. The Bertz CT molecular complexity index is 330. The lowest BCUT2D eigenvalue weighted by Gasteiger charge is -2.13. The predicted octanol–water partition coefficient (Wildman–Crippen LogP) is 3.09. The van der Waals surface area contributed by atoms with Gasteiger partial charge in [-0.3, -0.25) is 0 Å². The molecule has 0 aromatic heterocycles. The molecule has 0 saturated heterocycles. The maximum absolute atomic E-state index is 13.0. The first-order chi connectivity index (χ1) is 6.57. The third-order valence-electron chi connectivity index (χ3n) is 2.10. The minimum absolute atomic E-state index is 0.0848. The molecule has 0 saturated carbocycles. The smallest absolute Gasteiger partial charge is 0.141 e. The first-order valence-electron chi connectivity index (χ1n) is 4.50. The fourth-order valence-corrected chi connectivity index (χ4v) is 1.68. The highest BCUT2D eigenvalue weighted by Crippen LogP contribution is 2.34. The quantitative estimate of drug-likeness (QED) is 0.879. The van der Waals surface area contributed by atoms with Gasteiger partial charge in [0.25, 0.3) is 0 Å². The molecule has 0 radical (unpaired) electrons. The lowest BCUT2D eigenvalue weighted by Crippen LogP contribution is -2.10. The van der Waals surface area contributed by atoms with E-state index in [1.54, 1.807) is 0 Å². The Balaban J connectivity index is 3.04. The number of nitrogens with two attached hydrogens (primary N) is 1. The van der Waals surface area contributed by atoms with Gasteiger partial charge in [0.2, 0.25) is 0 Å². The molecule has 0 fully saturated rings. The van der Waals surface area contributed by atoms with E-state index >= 15 is 0 Å². The third kappa shape index (κ3) is 2.25. The van der Waals surface area contributed by atoms with Crippen LogP contribution in [-0.2, 0) is 0 Å². The number of benzene rings is 1. The summed E-state index contributed by atoms with van der Waals surface area (Å²) < 4.78 is 13.0. The largest absolute Gasteiger partial charge is 0.506 e. The highest BCUT2D eigenvalue weighted by molar-refractivity contribution is 9.10. The van der Waals surface area contributed by atoms with Gasteiger partial charge in [-0.05, 0) is 28.4 Å². The SMILES string of the molecule is CCCC(N)c1ccc(F)c(Br)c1O. The van der Waals surface area contributed by atoms with Crippen LogP contribution < -0.4 is 5.73 Å². The van der Waals surface area contributed by atoms with Gasteiger partial charge >= 0.3 is 0 Å². The van der Waals surface area contributed by atoms with Gasteiger partial charge in [0, 0.05) is 11.6 Å². The van der Waals surface area contributed by atoms with Crippen LogP contribution in [0.25, 0.3) is 0 Å². The van der Waals surface area contributed by atoms with Crippen LogP contribution >= 0.6 is 15.9 Å². The van der Waals surface area contributed by atoms with Gasteiger partial charge in [-0.1, -0.05) is 19.4 Å². The first-order valence-corrected chi connectivity index (χ1v) is 5.29. The van der Waals surface area contributed by atoms with E-state index in [2.05, 4.69) is 15.9 Å². The van der Waals surface area contributed by atoms with Crippen LogP contribution in [0.5, 0.6) is 5.75 Å². The van der Waals surface area contributed by atoms with E-state index in [0.717, 1.165) is 12.8 Å². The molecule has 1 unspecified atom stereocenters. The zero-order valence-electron chi connectivity index (χ0n) is 7.93. The second-order valence-electron chi connectivity index (χ2n) is 3.19. The summed E-state index contributed by atoms with van der Waals surface area (Å²) in [6, 6.07) is 2.58. The standard InChI is InChI=1S/C10H13BrFNO/c1-2-3-8(13)6-4-5-7(12)9(11)10(6)14/h4-5,8,14H,2-3,13H2,1H3. The Kier molecular flexibility index (Phi) is 3.89. The normalized spacial score (nSPS) is 12.9. The summed E-state index contributed by atoms with van der Waals surface area (Å²) in [5.41, 5.74) is 6.41. The highest BCUT2D eigenvalue weighted by Gasteiger charge is 2.14. The van der Waals surface area contributed by atoms with Crippen molar-refractivity contribution in [3.63, 3.8) is 0 Å². The molecule has 1 aromatic rings. The van der Waals surface area contributed by atoms with E-state index in [1.165, 1.54) is 12.1 Å². The van der Waals surface area contributed by atoms with E-state index in [0.29, 0.717) is 5.56 Å². The van der Waals surface area contributed by atoms with Gasteiger partial charge in [0.05, 0.1) is 4.47 Å². The zero-order chi connectivity index (χ0) is 10.7. The molecule has 0 heterocycles. The predicted molar refractivity (Wildman–Crippen MR) is 57.6 cm³/mol. The van der Waals surface area contributed by atoms with Crippen molar-refractivity contribution in [1.29, 1.82) is 0 Å². The minimum Gasteiger partial charge on any atom is -0.506 e. The van der Waals surface area contributed by atoms with Crippen molar-refractivity contribution in [2.24, 2.45) is 5.73 Å². The highest BCUT2D eigenvalue weighted by atomic mass is 79.9. The number of phenols is 1. The topological polar surface area (TPSA) is 46.2 Å². The molecule has 4 heteroatoms. The summed E-state index contributed by atoms with van der Waals surface area (Å²) in [5, 5.41) is 9.61. The number of aromatic hydroxyl groups is 1. The van der Waals surface area contributed by atoms with Crippen LogP contribution in [0.3, 0.4) is 0 Å². The Morgan fingerprint density at radius 1 is 1.57 bits per heavy atom. The lowest BCUT2D eigenvalue weighted by atomic mass is 10.0. The Labute approximate surface area is 91.1 Å². The number of hydrogen-bond acceptors (Lipinski definition) is 2. The van der Waals surface area contributed by atoms with Crippen molar-refractivity contribution in [2.45, 2.75) is 25.8 Å². The molecular weight excluding hydrogens is 249 g/mol. The van der Waals surface area contributed by atoms with Gasteiger partial charge in [-0.25, -0.2) is 4.39 Å². The number of halogens is 2. The number of phenolic OH excluding ortho intramolecular Hbond substituents is 1. The monoisotopic (exact) mass is 261 g/mol. The van der Waals surface area contributed by atoms with Crippen LogP contribution in [-0.4, -0.2) is 5.11 Å². The molecule has 0 aliphatic heterocycles. The molecule has 0 aliphatic rings. The second kappa shape index (κ2) is 4.75. The summed E-state index contributed by atoms with van der Waals surface area (Å²) in [5.74, 6) is -0.569. The van der Waals surface area contributed by atoms with Gasteiger partial charge < -0.3 is 10.8 Å². The fraction of sp³-hybridized carbons (Fsp3) is 0.400. The van der Waals surface area contributed by atoms with Gasteiger partial charge in [-0.15, -0.1) is 0 Å². The van der Waals surface area contributed by atoms with E-state index in [4.69, 9.17) is 5.73 Å². The van der Waals surface area contributed by atoms with E-state index < -0.39 is 5.82 Å². The molecule has 0 aliphatic carbocycles. The zero-order valence-corrected chi connectivity index (χ0v) is 9.51. The maximum atomic E-state index is 13.0. The summed E-state index contributed by atoms with van der Waals surface area (Å²) in [7, 11) is 0. The van der Waals surface area contributed by atoms with Crippen LogP contribution in [0.4, 0.5) is 4.39 Å². The molecule has 1 aromatic carbocycles. The van der Waals surface area contributed by atoms with Crippen molar-refractivity contribution in [2.75, 3.05) is 0 Å². The van der Waals surface area contributed by atoms with Gasteiger partial charge in [0.1, 0.15) is 11.6 Å². The summed E-state index contributed by atoms with van der Waals surface area (Å²) in [4.78, 5) is 0. The molecule has 0 spiro atoms. The molecule has 3 N–H and O–H groups in total. The molecule has 1 rings (SSSR count). The van der Waals surface area contributed by atoms with Crippen LogP contribution in [0.15, 0.2) is 16.6 Å². The van der Waals surface area contributed by atoms with Crippen LogP contribution in [0.1, 0.15) is 31.4 Å². The molecule has 1 atom stereocenters. The Hall–Kier alpha value is -0.610. The van der Waals surface area contributed by atoms with Gasteiger partial charge in [-0.2, -0.15) is 0 Å². The lowest BCUT2D eigenvalue weighted by molar-refractivity contribution is 0.447. The number of rotatable bonds is 3. The molecule has 78 valence electrons. The van der Waals surface area contributed by atoms with E-state index in [9.17, 15) is 9.50 Å². The van der Waals surface area contributed by atoms with Gasteiger partial charge in [0.15, 0.2) is 0 Å². The maximum Gasteiger partial charge on any atom is 0.141 e. The molecule has 0 bridgehead atoms. The van der Waals surface area contributed by atoms with E-state index in [-0.39, 0.29) is 16.3 Å². The van der Waals surface area contributed by atoms with Crippen molar-refractivity contribution >= 4 is 15.9 Å². The van der Waals surface area contributed by atoms with Crippen molar-refractivity contribution in [1.82, 2.24) is 0 Å². The second-order valence-corrected chi connectivity index (χ2v) is 3.99.